The van der Waals surface area contributed by atoms with Crippen molar-refractivity contribution in [3.63, 3.8) is 0 Å². The Labute approximate surface area is 189 Å². The summed E-state index contributed by atoms with van der Waals surface area (Å²) in [6.45, 7) is 4.25. The highest BCUT2D eigenvalue weighted by Gasteiger charge is 2.36. The van der Waals surface area contributed by atoms with Gasteiger partial charge in [-0.3, -0.25) is 9.59 Å². The van der Waals surface area contributed by atoms with Gasteiger partial charge in [-0.05, 0) is 49.7 Å². The average molecular weight is 454 g/mol. The molecule has 0 saturated carbocycles. The van der Waals surface area contributed by atoms with E-state index < -0.39 is 11.9 Å². The zero-order chi connectivity index (χ0) is 22.8. The quantitative estimate of drug-likeness (QED) is 0.571. The van der Waals surface area contributed by atoms with E-state index in [1.807, 2.05) is 25.1 Å². The van der Waals surface area contributed by atoms with Crippen LogP contribution in [0.4, 0.5) is 10.8 Å². The van der Waals surface area contributed by atoms with Gasteiger partial charge in [-0.25, -0.2) is 9.78 Å². The van der Waals surface area contributed by atoms with Crippen molar-refractivity contribution in [3.8, 4) is 5.75 Å². The SMILES string of the molecule is CCOC(=O)c1ccc2nc(NC(=O)C3CC(=O)N(c4cc(C)ccc4OC)C3)sc2c1. The minimum atomic E-state index is -0.505. The third-order valence-corrected chi connectivity index (χ3v) is 6.18. The van der Waals surface area contributed by atoms with E-state index in [2.05, 4.69) is 10.3 Å². The van der Waals surface area contributed by atoms with Crippen LogP contribution in [-0.2, 0) is 14.3 Å². The van der Waals surface area contributed by atoms with Crippen LogP contribution in [0.3, 0.4) is 0 Å². The van der Waals surface area contributed by atoms with E-state index in [1.54, 1.807) is 37.1 Å². The van der Waals surface area contributed by atoms with Crippen LogP contribution < -0.4 is 15.0 Å². The van der Waals surface area contributed by atoms with E-state index in [0.29, 0.717) is 34.3 Å². The first-order chi connectivity index (χ1) is 15.4. The summed E-state index contributed by atoms with van der Waals surface area (Å²) >= 11 is 1.27. The first-order valence-electron chi connectivity index (χ1n) is 10.2. The fraction of sp³-hybridized carbons (Fsp3) is 0.304. The zero-order valence-electron chi connectivity index (χ0n) is 18.0. The molecule has 0 radical (unpaired) electrons. The molecule has 0 spiro atoms. The van der Waals surface area contributed by atoms with Gasteiger partial charge >= 0.3 is 5.97 Å². The molecule has 0 bridgehead atoms. The van der Waals surface area contributed by atoms with Crippen molar-refractivity contribution < 1.29 is 23.9 Å². The molecule has 2 heterocycles. The Morgan fingerprint density at radius 2 is 2.06 bits per heavy atom. The van der Waals surface area contributed by atoms with Crippen molar-refractivity contribution in [1.82, 2.24) is 4.98 Å². The number of aromatic nitrogens is 1. The number of benzene rings is 2. The normalized spacial score (nSPS) is 15.8. The molecule has 2 aromatic carbocycles. The molecule has 1 fully saturated rings. The summed E-state index contributed by atoms with van der Waals surface area (Å²) < 4.78 is 11.2. The highest BCUT2D eigenvalue weighted by molar-refractivity contribution is 7.22. The lowest BCUT2D eigenvalue weighted by atomic mass is 10.1. The number of rotatable bonds is 6. The molecule has 1 N–H and O–H groups in total. The number of nitrogens with one attached hydrogen (secondary N) is 1. The molecule has 1 unspecified atom stereocenters. The van der Waals surface area contributed by atoms with E-state index in [4.69, 9.17) is 9.47 Å². The van der Waals surface area contributed by atoms with Crippen LogP contribution in [0.5, 0.6) is 5.75 Å². The van der Waals surface area contributed by atoms with Gasteiger partial charge < -0.3 is 19.7 Å². The second-order valence-corrected chi connectivity index (χ2v) is 8.52. The maximum absolute atomic E-state index is 12.9. The Bertz CT molecular complexity index is 1210. The van der Waals surface area contributed by atoms with Gasteiger partial charge in [0.1, 0.15) is 5.75 Å². The van der Waals surface area contributed by atoms with Gasteiger partial charge in [-0.15, -0.1) is 0 Å². The first-order valence-corrected chi connectivity index (χ1v) is 11.0. The maximum Gasteiger partial charge on any atom is 0.338 e. The Morgan fingerprint density at radius 1 is 1.25 bits per heavy atom. The molecular formula is C23H23N3O5S. The number of hydrogen-bond acceptors (Lipinski definition) is 7. The van der Waals surface area contributed by atoms with Gasteiger partial charge in [0.25, 0.3) is 0 Å². The smallest absolute Gasteiger partial charge is 0.338 e. The molecule has 1 saturated heterocycles. The number of methoxy groups -OCH3 is 1. The van der Waals surface area contributed by atoms with Gasteiger partial charge in [0.05, 0.1) is 41.1 Å². The third-order valence-electron chi connectivity index (χ3n) is 5.25. The third kappa shape index (κ3) is 4.29. The summed E-state index contributed by atoms with van der Waals surface area (Å²) in [6.07, 6.45) is 0.112. The highest BCUT2D eigenvalue weighted by Crippen LogP contribution is 2.34. The minimum absolute atomic E-state index is 0.112. The van der Waals surface area contributed by atoms with Crippen LogP contribution in [0.15, 0.2) is 36.4 Å². The van der Waals surface area contributed by atoms with Gasteiger partial charge in [0.15, 0.2) is 5.13 Å². The molecular weight excluding hydrogens is 430 g/mol. The van der Waals surface area contributed by atoms with Gasteiger partial charge in [-0.1, -0.05) is 17.4 Å². The number of thiazole rings is 1. The molecule has 1 aromatic heterocycles. The Hall–Kier alpha value is -3.46. The van der Waals surface area contributed by atoms with Crippen LogP contribution in [0.25, 0.3) is 10.2 Å². The lowest BCUT2D eigenvalue weighted by molar-refractivity contribution is -0.122. The number of hydrogen-bond donors (Lipinski definition) is 1. The summed E-state index contributed by atoms with van der Waals surface area (Å²) in [5.74, 6) is -0.706. The topological polar surface area (TPSA) is 97.8 Å². The number of ether oxygens (including phenoxy) is 2. The predicted octanol–water partition coefficient (Wildman–Crippen LogP) is 3.78. The van der Waals surface area contributed by atoms with Crippen LogP contribution in [0.2, 0.25) is 0 Å². The average Bonchev–Trinajstić information content (AvgIpc) is 3.36. The van der Waals surface area contributed by atoms with Crippen molar-refractivity contribution in [1.29, 1.82) is 0 Å². The summed E-state index contributed by atoms with van der Waals surface area (Å²) in [4.78, 5) is 43.5. The molecule has 32 heavy (non-hydrogen) atoms. The maximum atomic E-state index is 12.9. The number of carbonyl (C=O) groups excluding carboxylic acids is 3. The molecule has 1 aliphatic heterocycles. The number of anilines is 2. The van der Waals surface area contributed by atoms with Crippen molar-refractivity contribution in [2.24, 2.45) is 5.92 Å². The van der Waals surface area contributed by atoms with E-state index in [9.17, 15) is 14.4 Å². The lowest BCUT2D eigenvalue weighted by Crippen LogP contribution is -2.28. The largest absolute Gasteiger partial charge is 0.495 e. The van der Waals surface area contributed by atoms with E-state index in [1.165, 1.54) is 11.3 Å². The fourth-order valence-corrected chi connectivity index (χ4v) is 4.56. The number of nitrogens with zero attached hydrogens (tertiary/aromatic N) is 2. The Kier molecular flexibility index (Phi) is 6.09. The fourth-order valence-electron chi connectivity index (χ4n) is 3.65. The standard InChI is InChI=1S/C23H23N3O5S/c1-4-31-22(29)14-6-7-16-19(10-14)32-23(24-16)25-21(28)15-11-20(27)26(12-15)17-9-13(2)5-8-18(17)30-3/h5-10,15H,4,11-12H2,1-3H3,(H,24,25,28). The number of aryl methyl sites for hydroxylation is 1. The number of fused-ring (bicyclic) bond motifs is 1. The Morgan fingerprint density at radius 3 is 2.81 bits per heavy atom. The molecule has 4 rings (SSSR count). The van der Waals surface area contributed by atoms with Crippen LogP contribution in [0, 0.1) is 12.8 Å². The minimum Gasteiger partial charge on any atom is -0.495 e. The molecule has 8 nitrogen and oxygen atoms in total. The summed E-state index contributed by atoms with van der Waals surface area (Å²) in [7, 11) is 1.55. The first kappa shape index (κ1) is 21.8. The molecule has 166 valence electrons. The van der Waals surface area contributed by atoms with E-state index >= 15 is 0 Å². The van der Waals surface area contributed by atoms with Gasteiger partial charge in [0.2, 0.25) is 11.8 Å². The lowest BCUT2D eigenvalue weighted by Gasteiger charge is -2.20. The second kappa shape index (κ2) is 8.96. The second-order valence-electron chi connectivity index (χ2n) is 7.49. The van der Waals surface area contributed by atoms with Crippen LogP contribution in [-0.4, -0.2) is 43.0 Å². The zero-order valence-corrected chi connectivity index (χ0v) is 18.8. The van der Waals surface area contributed by atoms with Crippen LogP contribution >= 0.6 is 11.3 Å². The van der Waals surface area contributed by atoms with Crippen molar-refractivity contribution in [3.05, 3.63) is 47.5 Å². The van der Waals surface area contributed by atoms with E-state index in [0.717, 1.165) is 10.3 Å². The van der Waals surface area contributed by atoms with E-state index in [-0.39, 0.29) is 24.8 Å². The Balaban J connectivity index is 1.49. The van der Waals surface area contributed by atoms with Crippen molar-refractivity contribution >= 4 is 50.2 Å². The number of carbonyl (C=O) groups is 3. The highest BCUT2D eigenvalue weighted by atomic mass is 32.1. The summed E-state index contributed by atoms with van der Waals surface area (Å²) in [5, 5.41) is 3.24. The molecule has 9 heteroatoms. The van der Waals surface area contributed by atoms with Crippen molar-refractivity contribution in [2.45, 2.75) is 20.3 Å². The number of esters is 1. The summed E-state index contributed by atoms with van der Waals surface area (Å²) in [5.41, 5.74) is 2.77. The van der Waals surface area contributed by atoms with Crippen LogP contribution in [0.1, 0.15) is 29.3 Å². The molecule has 2 amide bonds. The molecule has 3 aromatic rings. The molecule has 0 aliphatic carbocycles. The van der Waals surface area contributed by atoms with Gasteiger partial charge in [-0.2, -0.15) is 0 Å². The van der Waals surface area contributed by atoms with Gasteiger partial charge in [0, 0.05) is 13.0 Å². The van der Waals surface area contributed by atoms with Crippen molar-refractivity contribution in [2.75, 3.05) is 30.5 Å². The number of amides is 2. The molecule has 1 atom stereocenters. The molecule has 1 aliphatic rings. The summed E-state index contributed by atoms with van der Waals surface area (Å²) in [6, 6.07) is 10.7. The predicted molar refractivity (Wildman–Crippen MR) is 122 cm³/mol. The monoisotopic (exact) mass is 453 g/mol.